The summed E-state index contributed by atoms with van der Waals surface area (Å²) in [4.78, 5) is 12.0. The SMILES string of the molecule is CC(C)(C)OC(=O)Nc1ccc2c(c1)N(S(=O)(=O)c1cccc(C#N)c1)C[C@H](CO)O2. The maximum Gasteiger partial charge on any atom is 0.412 e. The van der Waals surface area contributed by atoms with Gasteiger partial charge < -0.3 is 14.6 Å². The molecule has 0 aliphatic carbocycles. The van der Waals surface area contributed by atoms with Crippen LogP contribution in [0.25, 0.3) is 0 Å². The summed E-state index contributed by atoms with van der Waals surface area (Å²) in [6.45, 7) is 4.66. The number of rotatable bonds is 4. The predicted octanol–water partition coefficient (Wildman–Crippen LogP) is 2.85. The summed E-state index contributed by atoms with van der Waals surface area (Å²) in [7, 11) is -4.08. The average molecular weight is 445 g/mol. The number of carbonyl (C=O) groups excluding carboxylic acids is 1. The van der Waals surface area contributed by atoms with E-state index >= 15 is 0 Å². The van der Waals surface area contributed by atoms with E-state index in [-0.39, 0.29) is 35.0 Å². The Kier molecular flexibility index (Phi) is 6.10. The minimum atomic E-state index is -4.08. The fourth-order valence-electron chi connectivity index (χ4n) is 2.99. The monoisotopic (exact) mass is 445 g/mol. The Labute approximate surface area is 180 Å². The van der Waals surface area contributed by atoms with Crippen molar-refractivity contribution in [1.82, 2.24) is 0 Å². The second kappa shape index (κ2) is 8.45. The summed E-state index contributed by atoms with van der Waals surface area (Å²) in [5.74, 6) is 0.236. The maximum absolute atomic E-state index is 13.4. The first-order valence-corrected chi connectivity index (χ1v) is 10.9. The fourth-order valence-corrected chi connectivity index (χ4v) is 4.53. The lowest BCUT2D eigenvalue weighted by Gasteiger charge is -2.35. The zero-order chi connectivity index (χ0) is 22.8. The molecule has 2 aromatic rings. The van der Waals surface area contributed by atoms with Crippen molar-refractivity contribution in [1.29, 1.82) is 5.26 Å². The number of sulfonamides is 1. The molecule has 0 aromatic heterocycles. The van der Waals surface area contributed by atoms with Gasteiger partial charge in [0.15, 0.2) is 0 Å². The number of carbonyl (C=O) groups is 1. The summed E-state index contributed by atoms with van der Waals surface area (Å²) >= 11 is 0. The minimum Gasteiger partial charge on any atom is -0.484 e. The molecule has 0 fully saturated rings. The molecule has 2 aromatic carbocycles. The summed E-state index contributed by atoms with van der Waals surface area (Å²) < 4.78 is 38.7. The predicted molar refractivity (Wildman–Crippen MR) is 113 cm³/mol. The van der Waals surface area contributed by atoms with Gasteiger partial charge in [-0.15, -0.1) is 0 Å². The van der Waals surface area contributed by atoms with Gasteiger partial charge >= 0.3 is 6.09 Å². The maximum atomic E-state index is 13.4. The van der Waals surface area contributed by atoms with E-state index in [2.05, 4.69) is 5.32 Å². The number of nitriles is 1. The molecule has 31 heavy (non-hydrogen) atoms. The van der Waals surface area contributed by atoms with Gasteiger partial charge in [0, 0.05) is 5.69 Å². The highest BCUT2D eigenvalue weighted by Crippen LogP contribution is 2.39. The van der Waals surface area contributed by atoms with Gasteiger partial charge in [0.1, 0.15) is 17.5 Å². The van der Waals surface area contributed by atoms with Crippen LogP contribution in [0.3, 0.4) is 0 Å². The van der Waals surface area contributed by atoms with Gasteiger partial charge in [-0.3, -0.25) is 9.62 Å². The molecular weight excluding hydrogens is 422 g/mol. The number of nitrogens with one attached hydrogen (secondary N) is 1. The highest BCUT2D eigenvalue weighted by molar-refractivity contribution is 7.92. The van der Waals surface area contributed by atoms with E-state index in [1.54, 1.807) is 26.8 Å². The van der Waals surface area contributed by atoms with Gasteiger partial charge in [-0.25, -0.2) is 13.2 Å². The van der Waals surface area contributed by atoms with Gasteiger partial charge in [0.05, 0.1) is 35.4 Å². The standard InChI is InChI=1S/C21H23N3O6S/c1-21(2,3)30-20(26)23-15-7-8-19-18(10-15)24(12-16(13-25)29-19)31(27,28)17-6-4-5-14(9-17)11-22/h4-10,16,25H,12-13H2,1-3H3,(H,23,26)/t16-/m1/s1. The van der Waals surface area contributed by atoms with Gasteiger partial charge in [-0.2, -0.15) is 5.26 Å². The number of amides is 1. The van der Waals surface area contributed by atoms with Crippen molar-refractivity contribution in [2.75, 3.05) is 22.8 Å². The van der Waals surface area contributed by atoms with E-state index in [0.717, 1.165) is 4.31 Å². The van der Waals surface area contributed by atoms with Gasteiger partial charge in [0.25, 0.3) is 10.0 Å². The molecule has 1 aliphatic rings. The molecule has 9 nitrogen and oxygen atoms in total. The average Bonchev–Trinajstić information content (AvgIpc) is 2.71. The Morgan fingerprint density at radius 1 is 1.32 bits per heavy atom. The van der Waals surface area contributed by atoms with Crippen molar-refractivity contribution in [3.63, 3.8) is 0 Å². The number of hydrogen-bond acceptors (Lipinski definition) is 7. The van der Waals surface area contributed by atoms with Crippen LogP contribution in [-0.4, -0.2) is 44.5 Å². The molecule has 0 spiro atoms. The number of hydrogen-bond donors (Lipinski definition) is 2. The third-order valence-electron chi connectivity index (χ3n) is 4.29. The molecule has 3 rings (SSSR count). The molecule has 1 heterocycles. The summed E-state index contributed by atoms with van der Waals surface area (Å²) in [6.07, 6.45) is -1.46. The van der Waals surface area contributed by atoms with Gasteiger partial charge in [-0.05, 0) is 57.2 Å². The summed E-state index contributed by atoms with van der Waals surface area (Å²) in [5, 5.41) is 21.3. The number of aliphatic hydroxyl groups is 1. The van der Waals surface area contributed by atoms with Crippen LogP contribution in [0, 0.1) is 11.3 Å². The number of aliphatic hydroxyl groups excluding tert-OH is 1. The molecule has 0 unspecified atom stereocenters. The van der Waals surface area contributed by atoms with Gasteiger partial charge in [-0.1, -0.05) is 6.07 Å². The first-order chi connectivity index (χ1) is 14.5. The van der Waals surface area contributed by atoms with Crippen molar-refractivity contribution < 1.29 is 27.8 Å². The number of ether oxygens (including phenoxy) is 2. The molecule has 1 amide bonds. The Balaban J connectivity index is 2.01. The Morgan fingerprint density at radius 2 is 2.06 bits per heavy atom. The van der Waals surface area contributed by atoms with Crippen LogP contribution in [0.5, 0.6) is 5.75 Å². The minimum absolute atomic E-state index is 0.0680. The molecule has 0 radical (unpaired) electrons. The quantitative estimate of drug-likeness (QED) is 0.740. The Bertz CT molecular complexity index is 1130. The van der Waals surface area contributed by atoms with E-state index in [1.165, 1.54) is 36.4 Å². The molecule has 0 bridgehead atoms. The largest absolute Gasteiger partial charge is 0.484 e. The number of fused-ring (bicyclic) bond motifs is 1. The third kappa shape index (κ3) is 5.07. The molecule has 1 aliphatic heterocycles. The van der Waals surface area contributed by atoms with Crippen molar-refractivity contribution in [3.05, 3.63) is 48.0 Å². The van der Waals surface area contributed by atoms with Crippen LogP contribution >= 0.6 is 0 Å². The highest BCUT2D eigenvalue weighted by Gasteiger charge is 2.35. The van der Waals surface area contributed by atoms with Crippen LogP contribution in [0.1, 0.15) is 26.3 Å². The smallest absolute Gasteiger partial charge is 0.412 e. The van der Waals surface area contributed by atoms with Crippen LogP contribution in [0.15, 0.2) is 47.4 Å². The second-order valence-electron chi connectivity index (χ2n) is 7.91. The number of benzene rings is 2. The van der Waals surface area contributed by atoms with E-state index in [9.17, 15) is 18.3 Å². The lowest BCUT2D eigenvalue weighted by atomic mass is 10.2. The molecule has 10 heteroatoms. The lowest BCUT2D eigenvalue weighted by Crippen LogP contribution is -2.45. The van der Waals surface area contributed by atoms with Gasteiger partial charge in [0.2, 0.25) is 0 Å². The molecule has 2 N–H and O–H groups in total. The van der Waals surface area contributed by atoms with Crippen LogP contribution in [0.2, 0.25) is 0 Å². The topological polar surface area (TPSA) is 129 Å². The normalized spacial score (nSPS) is 16.0. The highest BCUT2D eigenvalue weighted by atomic mass is 32.2. The van der Waals surface area contributed by atoms with Crippen LogP contribution in [-0.2, 0) is 14.8 Å². The molecule has 0 saturated carbocycles. The molecule has 0 saturated heterocycles. The van der Waals surface area contributed by atoms with Crippen molar-refractivity contribution >= 4 is 27.5 Å². The van der Waals surface area contributed by atoms with Crippen molar-refractivity contribution in [3.8, 4) is 11.8 Å². The summed E-state index contributed by atoms with van der Waals surface area (Å²) in [5.41, 5.74) is 0.0101. The first-order valence-electron chi connectivity index (χ1n) is 9.48. The van der Waals surface area contributed by atoms with E-state index < -0.39 is 27.8 Å². The zero-order valence-corrected chi connectivity index (χ0v) is 18.1. The Morgan fingerprint density at radius 3 is 2.71 bits per heavy atom. The van der Waals surface area contributed by atoms with E-state index in [1.807, 2.05) is 6.07 Å². The van der Waals surface area contributed by atoms with Crippen LogP contribution < -0.4 is 14.4 Å². The van der Waals surface area contributed by atoms with E-state index in [0.29, 0.717) is 5.69 Å². The van der Waals surface area contributed by atoms with Crippen molar-refractivity contribution in [2.24, 2.45) is 0 Å². The molecular formula is C21H23N3O6S. The fraction of sp³-hybridized carbons (Fsp3) is 0.333. The Hall–Kier alpha value is -3.29. The van der Waals surface area contributed by atoms with Crippen molar-refractivity contribution in [2.45, 2.75) is 37.4 Å². The molecule has 164 valence electrons. The van der Waals surface area contributed by atoms with E-state index in [4.69, 9.17) is 14.7 Å². The lowest BCUT2D eigenvalue weighted by molar-refractivity contribution is 0.0636. The number of anilines is 2. The zero-order valence-electron chi connectivity index (χ0n) is 17.3. The molecule has 1 atom stereocenters. The number of nitrogens with zero attached hydrogens (tertiary/aromatic N) is 2. The first kappa shape index (κ1) is 22.4. The third-order valence-corrected chi connectivity index (χ3v) is 6.07. The second-order valence-corrected chi connectivity index (χ2v) is 9.77. The summed E-state index contributed by atoms with van der Waals surface area (Å²) in [6, 6.07) is 12.1. The van der Waals surface area contributed by atoms with Crippen LogP contribution in [0.4, 0.5) is 16.2 Å².